The van der Waals surface area contributed by atoms with Crippen molar-refractivity contribution >= 4 is 40.8 Å². The number of nitrogens with one attached hydrogen (secondary N) is 2. The highest BCUT2D eigenvalue weighted by atomic mass is 127. The largest absolute Gasteiger partial charge is 0.356 e. The van der Waals surface area contributed by atoms with Crippen LogP contribution in [0.4, 0.5) is 0 Å². The number of hydrogen-bond acceptors (Lipinski definition) is 3. The maximum atomic E-state index is 4.42. The molecule has 0 bridgehead atoms. The van der Waals surface area contributed by atoms with Crippen molar-refractivity contribution in [3.8, 4) is 0 Å². The van der Waals surface area contributed by atoms with Crippen molar-refractivity contribution in [3.63, 3.8) is 0 Å². The average molecular weight is 481 g/mol. The van der Waals surface area contributed by atoms with E-state index in [1.807, 2.05) is 25.4 Å². The molecule has 0 atom stereocenters. The molecule has 6 heteroatoms. The third kappa shape index (κ3) is 6.60. The molecule has 0 amide bonds. The fourth-order valence-corrected chi connectivity index (χ4v) is 3.50. The summed E-state index contributed by atoms with van der Waals surface area (Å²) in [6.07, 6.45) is 5.70. The van der Waals surface area contributed by atoms with Gasteiger partial charge < -0.3 is 15.5 Å². The number of nitrogens with zero attached hydrogens (tertiary/aromatic N) is 3. The normalized spacial score (nSPS) is 16.1. The summed E-state index contributed by atoms with van der Waals surface area (Å²) in [7, 11) is 1.83. The third-order valence-electron chi connectivity index (χ3n) is 5.23. The number of pyridine rings is 1. The number of fused-ring (bicyclic) bond motifs is 1. The molecule has 2 aromatic rings. The highest BCUT2D eigenvalue weighted by Crippen LogP contribution is 2.16. The molecule has 1 aromatic heterocycles. The van der Waals surface area contributed by atoms with Gasteiger partial charge in [-0.25, -0.2) is 0 Å². The minimum absolute atomic E-state index is 0. The van der Waals surface area contributed by atoms with E-state index in [9.17, 15) is 0 Å². The number of halogens is 1. The Morgan fingerprint density at radius 2 is 1.96 bits per heavy atom. The second kappa shape index (κ2) is 11.4. The van der Waals surface area contributed by atoms with Crippen molar-refractivity contribution < 1.29 is 0 Å². The summed E-state index contributed by atoms with van der Waals surface area (Å²) < 4.78 is 0. The van der Waals surface area contributed by atoms with Crippen LogP contribution in [0.15, 0.2) is 41.5 Å². The maximum absolute atomic E-state index is 4.42. The van der Waals surface area contributed by atoms with Crippen molar-refractivity contribution in [3.05, 3.63) is 42.1 Å². The van der Waals surface area contributed by atoms with Crippen LogP contribution in [0.5, 0.6) is 0 Å². The summed E-state index contributed by atoms with van der Waals surface area (Å²) in [5, 5.41) is 8.04. The Labute approximate surface area is 180 Å². The van der Waals surface area contributed by atoms with Crippen molar-refractivity contribution in [1.29, 1.82) is 0 Å². The maximum Gasteiger partial charge on any atom is 0.191 e. The van der Waals surface area contributed by atoms with Crippen LogP contribution >= 0.6 is 24.0 Å². The summed E-state index contributed by atoms with van der Waals surface area (Å²) in [4.78, 5) is 11.3. The van der Waals surface area contributed by atoms with Crippen LogP contribution in [0.3, 0.4) is 0 Å². The highest BCUT2D eigenvalue weighted by molar-refractivity contribution is 14.0. The Morgan fingerprint density at radius 3 is 2.74 bits per heavy atom. The van der Waals surface area contributed by atoms with Gasteiger partial charge in [0.1, 0.15) is 0 Å². The van der Waals surface area contributed by atoms with Gasteiger partial charge in [-0.2, -0.15) is 0 Å². The first kappa shape index (κ1) is 21.9. The standard InChI is InChI=1S/C21H31N5.HI/c1-17-9-14-26(15-10-17)13-5-11-24-21(22-2)25-16-18-8-12-23-20-7-4-3-6-19(18)20;/h3-4,6-8,12,17H,5,9-11,13-16H2,1-2H3,(H2,22,24,25);1H. The Balaban J connectivity index is 0.00000261. The number of aliphatic imine (C=N–C) groups is 1. The molecule has 0 aliphatic carbocycles. The lowest BCUT2D eigenvalue weighted by Crippen LogP contribution is -2.39. The molecule has 1 aliphatic rings. The lowest BCUT2D eigenvalue weighted by molar-refractivity contribution is 0.191. The van der Waals surface area contributed by atoms with Gasteiger partial charge >= 0.3 is 0 Å². The molecule has 2 heterocycles. The van der Waals surface area contributed by atoms with Crippen LogP contribution in [0.25, 0.3) is 10.9 Å². The molecular formula is C21H32IN5. The molecule has 27 heavy (non-hydrogen) atoms. The Hall–Kier alpha value is -1.41. The van der Waals surface area contributed by atoms with Gasteiger partial charge in [-0.1, -0.05) is 25.1 Å². The Kier molecular flexibility index (Phi) is 9.27. The molecule has 148 valence electrons. The number of likely N-dealkylation sites (tertiary alicyclic amines) is 1. The minimum atomic E-state index is 0. The quantitative estimate of drug-likeness (QED) is 0.286. The van der Waals surface area contributed by atoms with Crippen molar-refractivity contribution in [2.45, 2.75) is 32.7 Å². The van der Waals surface area contributed by atoms with E-state index in [1.165, 1.54) is 43.4 Å². The summed E-state index contributed by atoms with van der Waals surface area (Å²) in [6, 6.07) is 10.3. The average Bonchev–Trinajstić information content (AvgIpc) is 2.69. The van der Waals surface area contributed by atoms with Gasteiger partial charge in [0.2, 0.25) is 0 Å². The molecule has 0 unspecified atom stereocenters. The zero-order valence-corrected chi connectivity index (χ0v) is 18.8. The lowest BCUT2D eigenvalue weighted by atomic mass is 9.99. The van der Waals surface area contributed by atoms with Gasteiger partial charge in [-0.15, -0.1) is 24.0 Å². The molecule has 0 spiro atoms. The van der Waals surface area contributed by atoms with E-state index in [2.05, 4.69) is 50.6 Å². The predicted octanol–water partition coefficient (Wildman–Crippen LogP) is 3.64. The summed E-state index contributed by atoms with van der Waals surface area (Å²) >= 11 is 0. The van der Waals surface area contributed by atoms with Gasteiger partial charge in [0.25, 0.3) is 0 Å². The second-order valence-corrected chi connectivity index (χ2v) is 7.22. The smallest absolute Gasteiger partial charge is 0.191 e. The van der Waals surface area contributed by atoms with E-state index >= 15 is 0 Å². The van der Waals surface area contributed by atoms with Gasteiger partial charge in [-0.05, 0) is 62.5 Å². The van der Waals surface area contributed by atoms with Crippen LogP contribution in [0.1, 0.15) is 31.7 Å². The number of aromatic nitrogens is 1. The molecular weight excluding hydrogens is 449 g/mol. The fourth-order valence-electron chi connectivity index (χ4n) is 3.50. The molecule has 1 fully saturated rings. The van der Waals surface area contributed by atoms with E-state index in [1.54, 1.807) is 0 Å². The zero-order valence-electron chi connectivity index (χ0n) is 16.4. The van der Waals surface area contributed by atoms with E-state index < -0.39 is 0 Å². The van der Waals surface area contributed by atoms with Crippen LogP contribution in [0, 0.1) is 5.92 Å². The first-order valence-electron chi connectivity index (χ1n) is 9.76. The summed E-state index contributed by atoms with van der Waals surface area (Å²) in [6.45, 7) is 7.73. The van der Waals surface area contributed by atoms with Gasteiger partial charge in [-0.3, -0.25) is 9.98 Å². The van der Waals surface area contributed by atoms with Crippen LogP contribution in [-0.4, -0.2) is 49.1 Å². The van der Waals surface area contributed by atoms with E-state index in [0.29, 0.717) is 0 Å². The van der Waals surface area contributed by atoms with Crippen LogP contribution in [-0.2, 0) is 6.54 Å². The first-order valence-corrected chi connectivity index (χ1v) is 9.76. The molecule has 0 radical (unpaired) electrons. The number of para-hydroxylation sites is 1. The number of benzene rings is 1. The highest BCUT2D eigenvalue weighted by Gasteiger charge is 2.14. The molecule has 1 saturated heterocycles. The number of hydrogen-bond donors (Lipinski definition) is 2. The molecule has 3 rings (SSSR count). The lowest BCUT2D eigenvalue weighted by Gasteiger charge is -2.30. The molecule has 5 nitrogen and oxygen atoms in total. The van der Waals surface area contributed by atoms with Crippen molar-refractivity contribution in [2.24, 2.45) is 10.9 Å². The van der Waals surface area contributed by atoms with Crippen molar-refractivity contribution in [2.75, 3.05) is 33.2 Å². The van der Waals surface area contributed by atoms with Crippen LogP contribution < -0.4 is 10.6 Å². The summed E-state index contributed by atoms with van der Waals surface area (Å²) in [5.74, 6) is 1.76. The van der Waals surface area contributed by atoms with E-state index in [4.69, 9.17) is 0 Å². The first-order chi connectivity index (χ1) is 12.8. The van der Waals surface area contributed by atoms with Gasteiger partial charge in [0, 0.05) is 31.7 Å². The van der Waals surface area contributed by atoms with Gasteiger partial charge in [0.15, 0.2) is 5.96 Å². The Bertz CT molecular complexity index is 720. The number of piperidine rings is 1. The zero-order chi connectivity index (χ0) is 18.2. The second-order valence-electron chi connectivity index (χ2n) is 7.22. The monoisotopic (exact) mass is 481 g/mol. The molecule has 2 N–H and O–H groups in total. The number of rotatable bonds is 6. The van der Waals surface area contributed by atoms with Gasteiger partial charge in [0.05, 0.1) is 5.52 Å². The van der Waals surface area contributed by atoms with Crippen LogP contribution in [0.2, 0.25) is 0 Å². The van der Waals surface area contributed by atoms with E-state index in [0.717, 1.165) is 36.9 Å². The molecule has 1 aromatic carbocycles. The Morgan fingerprint density at radius 1 is 1.19 bits per heavy atom. The number of guanidine groups is 1. The third-order valence-corrected chi connectivity index (χ3v) is 5.23. The van der Waals surface area contributed by atoms with Crippen molar-refractivity contribution in [1.82, 2.24) is 20.5 Å². The molecule has 0 saturated carbocycles. The molecule has 1 aliphatic heterocycles. The fraction of sp³-hybridized carbons (Fsp3) is 0.524. The SMILES string of the molecule is CN=C(NCCCN1CCC(C)CC1)NCc1ccnc2ccccc12.I. The topological polar surface area (TPSA) is 52.6 Å². The minimum Gasteiger partial charge on any atom is -0.356 e. The predicted molar refractivity (Wildman–Crippen MR) is 125 cm³/mol. The van der Waals surface area contributed by atoms with E-state index in [-0.39, 0.29) is 24.0 Å². The summed E-state index contributed by atoms with van der Waals surface area (Å²) in [5.41, 5.74) is 2.27.